The number of carbonyl (C=O) groups excluding carboxylic acids is 1. The number of aryl methyl sites for hydroxylation is 3. The summed E-state index contributed by atoms with van der Waals surface area (Å²) in [6.07, 6.45) is 1.28. The fourth-order valence-electron chi connectivity index (χ4n) is 3.24. The summed E-state index contributed by atoms with van der Waals surface area (Å²) in [5, 5.41) is 10.9. The van der Waals surface area contributed by atoms with Crippen LogP contribution in [-0.4, -0.2) is 53.5 Å². The molecule has 28 heavy (non-hydrogen) atoms. The van der Waals surface area contributed by atoms with Gasteiger partial charge in [-0.2, -0.15) is 0 Å². The summed E-state index contributed by atoms with van der Waals surface area (Å²) in [5.74, 6) is 1.41. The van der Waals surface area contributed by atoms with E-state index in [2.05, 4.69) is 9.88 Å². The molecule has 2 heterocycles. The third kappa shape index (κ3) is 4.39. The summed E-state index contributed by atoms with van der Waals surface area (Å²) in [6.45, 7) is 8.14. The van der Waals surface area contributed by atoms with Crippen LogP contribution in [0.4, 0.5) is 11.5 Å². The summed E-state index contributed by atoms with van der Waals surface area (Å²) in [4.78, 5) is 31.0. The second-order valence-electron chi connectivity index (χ2n) is 7.02. The van der Waals surface area contributed by atoms with Gasteiger partial charge in [0.15, 0.2) is 6.61 Å². The first kappa shape index (κ1) is 19.6. The standard InChI is InChI=1S/C20H24N4O4/c1-14-4-5-15(2)18(10-14)28-13-19(25)22-6-8-23(9-7-22)20-16(3)11-17(12-21-20)24(26)27/h4-5,10-12H,6-9,13H2,1-3H3. The molecule has 8 heteroatoms. The maximum absolute atomic E-state index is 12.5. The largest absolute Gasteiger partial charge is 0.483 e. The van der Waals surface area contributed by atoms with Crippen LogP contribution in [0.1, 0.15) is 16.7 Å². The molecule has 2 aromatic rings. The average Bonchev–Trinajstić information content (AvgIpc) is 2.68. The Morgan fingerprint density at radius 1 is 1.14 bits per heavy atom. The molecule has 0 bridgehead atoms. The van der Waals surface area contributed by atoms with E-state index in [1.165, 1.54) is 12.3 Å². The Labute approximate surface area is 163 Å². The van der Waals surface area contributed by atoms with Crippen molar-refractivity contribution in [2.24, 2.45) is 0 Å². The normalized spacial score (nSPS) is 14.1. The van der Waals surface area contributed by atoms with Crippen LogP contribution in [0.2, 0.25) is 0 Å². The Bertz CT molecular complexity index is 892. The van der Waals surface area contributed by atoms with E-state index in [9.17, 15) is 14.9 Å². The molecular weight excluding hydrogens is 360 g/mol. The third-order valence-corrected chi connectivity index (χ3v) is 4.87. The number of carbonyl (C=O) groups is 1. The second-order valence-corrected chi connectivity index (χ2v) is 7.02. The minimum absolute atomic E-state index is 0.0130. The molecule has 8 nitrogen and oxygen atoms in total. The molecular formula is C20H24N4O4. The summed E-state index contributed by atoms with van der Waals surface area (Å²) < 4.78 is 5.72. The molecule has 3 rings (SSSR count). The van der Waals surface area contributed by atoms with Crippen molar-refractivity contribution in [1.29, 1.82) is 0 Å². The number of nitro groups is 1. The van der Waals surface area contributed by atoms with Crippen LogP contribution in [0.3, 0.4) is 0 Å². The SMILES string of the molecule is Cc1ccc(C)c(OCC(=O)N2CCN(c3ncc([N+](=O)[O-])cc3C)CC2)c1. The molecule has 1 saturated heterocycles. The molecule has 1 aliphatic rings. The lowest BCUT2D eigenvalue weighted by atomic mass is 10.1. The zero-order chi connectivity index (χ0) is 20.3. The predicted octanol–water partition coefficient (Wildman–Crippen LogP) is 2.64. The van der Waals surface area contributed by atoms with E-state index in [0.717, 1.165) is 28.3 Å². The van der Waals surface area contributed by atoms with Crippen molar-refractivity contribution >= 4 is 17.4 Å². The fourth-order valence-corrected chi connectivity index (χ4v) is 3.24. The van der Waals surface area contributed by atoms with Gasteiger partial charge >= 0.3 is 0 Å². The van der Waals surface area contributed by atoms with E-state index < -0.39 is 4.92 Å². The lowest BCUT2D eigenvalue weighted by Crippen LogP contribution is -2.50. The Balaban J connectivity index is 1.55. The number of amides is 1. The monoisotopic (exact) mass is 384 g/mol. The molecule has 0 spiro atoms. The highest BCUT2D eigenvalue weighted by molar-refractivity contribution is 5.78. The number of hydrogen-bond donors (Lipinski definition) is 0. The Morgan fingerprint density at radius 3 is 2.50 bits per heavy atom. The lowest BCUT2D eigenvalue weighted by molar-refractivity contribution is -0.385. The fraction of sp³-hybridized carbons (Fsp3) is 0.400. The van der Waals surface area contributed by atoms with Gasteiger partial charge in [0.05, 0.1) is 4.92 Å². The molecule has 148 valence electrons. The number of benzene rings is 1. The van der Waals surface area contributed by atoms with E-state index in [-0.39, 0.29) is 18.2 Å². The van der Waals surface area contributed by atoms with Crippen LogP contribution in [0, 0.1) is 30.9 Å². The quantitative estimate of drug-likeness (QED) is 0.582. The summed E-state index contributed by atoms with van der Waals surface area (Å²) in [6, 6.07) is 7.45. The first-order valence-corrected chi connectivity index (χ1v) is 9.19. The van der Waals surface area contributed by atoms with Crippen LogP contribution in [0.15, 0.2) is 30.5 Å². The molecule has 0 unspecified atom stereocenters. The number of piperazine rings is 1. The number of hydrogen-bond acceptors (Lipinski definition) is 6. The first-order chi connectivity index (χ1) is 13.3. The molecule has 0 N–H and O–H groups in total. The van der Waals surface area contributed by atoms with Gasteiger partial charge in [-0.05, 0) is 43.5 Å². The van der Waals surface area contributed by atoms with Gasteiger partial charge < -0.3 is 14.5 Å². The Hall–Kier alpha value is -3.16. The second kappa shape index (κ2) is 8.24. The highest BCUT2D eigenvalue weighted by Gasteiger charge is 2.24. The number of nitrogens with zero attached hydrogens (tertiary/aromatic N) is 4. The van der Waals surface area contributed by atoms with E-state index in [0.29, 0.717) is 26.2 Å². The minimum atomic E-state index is -0.448. The van der Waals surface area contributed by atoms with Crippen LogP contribution < -0.4 is 9.64 Å². The molecule has 1 fully saturated rings. The maximum atomic E-state index is 12.5. The van der Waals surface area contributed by atoms with Gasteiger partial charge in [0.2, 0.25) is 0 Å². The van der Waals surface area contributed by atoms with Crippen molar-refractivity contribution < 1.29 is 14.5 Å². The van der Waals surface area contributed by atoms with Gasteiger partial charge in [-0.25, -0.2) is 4.98 Å². The molecule has 0 saturated carbocycles. The topological polar surface area (TPSA) is 88.8 Å². The predicted molar refractivity (Wildman–Crippen MR) is 106 cm³/mol. The summed E-state index contributed by atoms with van der Waals surface area (Å²) >= 11 is 0. The van der Waals surface area contributed by atoms with E-state index >= 15 is 0 Å². The maximum Gasteiger partial charge on any atom is 0.287 e. The molecule has 0 atom stereocenters. The lowest BCUT2D eigenvalue weighted by Gasteiger charge is -2.35. The first-order valence-electron chi connectivity index (χ1n) is 9.19. The highest BCUT2D eigenvalue weighted by atomic mass is 16.6. The number of rotatable bonds is 5. The van der Waals surface area contributed by atoms with Gasteiger partial charge in [-0.3, -0.25) is 14.9 Å². The van der Waals surface area contributed by atoms with Crippen molar-refractivity contribution in [3.63, 3.8) is 0 Å². The highest BCUT2D eigenvalue weighted by Crippen LogP contribution is 2.23. The van der Waals surface area contributed by atoms with Gasteiger partial charge in [0, 0.05) is 32.2 Å². The van der Waals surface area contributed by atoms with Crippen molar-refractivity contribution in [2.75, 3.05) is 37.7 Å². The smallest absolute Gasteiger partial charge is 0.287 e. The number of pyridine rings is 1. The van der Waals surface area contributed by atoms with Gasteiger partial charge in [-0.1, -0.05) is 12.1 Å². The van der Waals surface area contributed by atoms with Crippen molar-refractivity contribution in [3.8, 4) is 5.75 Å². The molecule has 1 aromatic carbocycles. The van der Waals surface area contributed by atoms with E-state index in [1.54, 1.807) is 4.90 Å². The van der Waals surface area contributed by atoms with Crippen LogP contribution in [0.5, 0.6) is 5.75 Å². The summed E-state index contributed by atoms with van der Waals surface area (Å²) in [7, 11) is 0. The minimum Gasteiger partial charge on any atom is -0.483 e. The van der Waals surface area contributed by atoms with Gasteiger partial charge in [0.25, 0.3) is 11.6 Å². The number of anilines is 1. The zero-order valence-corrected chi connectivity index (χ0v) is 16.3. The van der Waals surface area contributed by atoms with Crippen molar-refractivity contribution in [1.82, 2.24) is 9.88 Å². The molecule has 1 aliphatic heterocycles. The number of aromatic nitrogens is 1. The van der Waals surface area contributed by atoms with E-state index in [1.807, 2.05) is 39.0 Å². The molecule has 0 radical (unpaired) electrons. The van der Waals surface area contributed by atoms with Crippen molar-refractivity contribution in [2.45, 2.75) is 20.8 Å². The van der Waals surface area contributed by atoms with Crippen molar-refractivity contribution in [3.05, 3.63) is 57.3 Å². The van der Waals surface area contributed by atoms with Crippen LogP contribution in [0.25, 0.3) is 0 Å². The van der Waals surface area contributed by atoms with Gasteiger partial charge in [0.1, 0.15) is 17.8 Å². The Morgan fingerprint density at radius 2 is 1.86 bits per heavy atom. The Kier molecular flexibility index (Phi) is 5.77. The van der Waals surface area contributed by atoms with Gasteiger partial charge in [-0.15, -0.1) is 0 Å². The van der Waals surface area contributed by atoms with Crippen LogP contribution >= 0.6 is 0 Å². The number of ether oxygens (including phenoxy) is 1. The third-order valence-electron chi connectivity index (χ3n) is 4.87. The zero-order valence-electron chi connectivity index (χ0n) is 16.3. The molecule has 1 amide bonds. The molecule has 0 aliphatic carbocycles. The summed E-state index contributed by atoms with van der Waals surface area (Å²) in [5.41, 5.74) is 2.83. The van der Waals surface area contributed by atoms with E-state index in [4.69, 9.17) is 4.74 Å². The average molecular weight is 384 g/mol. The van der Waals surface area contributed by atoms with Crippen LogP contribution in [-0.2, 0) is 4.79 Å². The molecule has 1 aromatic heterocycles.